The molecule has 1 aliphatic carbocycles. The van der Waals surface area contributed by atoms with Crippen molar-refractivity contribution in [3.05, 3.63) is 105 Å². The van der Waals surface area contributed by atoms with E-state index in [0.29, 0.717) is 36.2 Å². The van der Waals surface area contributed by atoms with Gasteiger partial charge in [-0.15, -0.1) is 0 Å². The van der Waals surface area contributed by atoms with Crippen molar-refractivity contribution in [3.8, 4) is 5.75 Å². The summed E-state index contributed by atoms with van der Waals surface area (Å²) in [4.78, 5) is 31.2. The third-order valence-corrected chi connectivity index (χ3v) is 9.72. The van der Waals surface area contributed by atoms with Gasteiger partial charge in [0.25, 0.3) is 11.8 Å². The fourth-order valence-corrected chi connectivity index (χ4v) is 6.93. The number of hydrazone groups is 1. The summed E-state index contributed by atoms with van der Waals surface area (Å²) in [6.45, 7) is 8.32. The summed E-state index contributed by atoms with van der Waals surface area (Å²) >= 11 is 12.4. The van der Waals surface area contributed by atoms with E-state index in [-0.39, 0.29) is 30.3 Å². The van der Waals surface area contributed by atoms with Crippen molar-refractivity contribution >= 4 is 46.8 Å². The SMILES string of the molecule is Cc1ccc(C)c(OC(C)C(=O)N2CCN(CC(=O)N3N=C4/C(=C\c5ccc(Cl)cc5)CCCC4C3c3ccc(Cl)cc3)CC2)c1. The fraction of sp³-hybridized carbons (Fsp3) is 0.378. The van der Waals surface area contributed by atoms with Crippen molar-refractivity contribution < 1.29 is 14.3 Å². The van der Waals surface area contributed by atoms with Gasteiger partial charge in [-0.25, -0.2) is 5.01 Å². The zero-order valence-electron chi connectivity index (χ0n) is 26.6. The Kier molecular flexibility index (Phi) is 9.83. The average Bonchev–Trinajstić information content (AvgIpc) is 3.45. The van der Waals surface area contributed by atoms with Crippen LogP contribution in [0.3, 0.4) is 0 Å². The molecule has 3 aromatic carbocycles. The number of nitrogens with zero attached hydrogens (tertiary/aromatic N) is 4. The number of piperazine rings is 1. The molecule has 3 atom stereocenters. The van der Waals surface area contributed by atoms with E-state index >= 15 is 0 Å². The van der Waals surface area contributed by atoms with Crippen molar-refractivity contribution in [1.29, 1.82) is 0 Å². The number of amides is 2. The molecule has 7 nitrogen and oxygen atoms in total. The Hall–Kier alpha value is -3.65. The first-order chi connectivity index (χ1) is 22.2. The first-order valence-electron chi connectivity index (χ1n) is 16.0. The largest absolute Gasteiger partial charge is 0.481 e. The van der Waals surface area contributed by atoms with Crippen LogP contribution in [-0.2, 0) is 9.59 Å². The summed E-state index contributed by atoms with van der Waals surface area (Å²) < 4.78 is 6.06. The summed E-state index contributed by atoms with van der Waals surface area (Å²) in [7, 11) is 0. The fourth-order valence-electron chi connectivity index (χ4n) is 6.68. The maximum absolute atomic E-state index is 14.0. The lowest BCUT2D eigenvalue weighted by Gasteiger charge is -2.36. The van der Waals surface area contributed by atoms with Gasteiger partial charge in [0.2, 0.25) is 0 Å². The van der Waals surface area contributed by atoms with Gasteiger partial charge >= 0.3 is 0 Å². The van der Waals surface area contributed by atoms with Crippen molar-refractivity contribution in [2.24, 2.45) is 11.0 Å². The van der Waals surface area contributed by atoms with Gasteiger partial charge in [-0.3, -0.25) is 14.5 Å². The minimum Gasteiger partial charge on any atom is -0.481 e. The molecular formula is C37H40Cl2N4O3. The highest BCUT2D eigenvalue weighted by Gasteiger charge is 2.44. The highest BCUT2D eigenvalue weighted by atomic mass is 35.5. The first kappa shape index (κ1) is 32.3. The molecule has 9 heteroatoms. The number of allylic oxidation sites excluding steroid dienone is 1. The topological polar surface area (TPSA) is 65.5 Å². The van der Waals surface area contributed by atoms with Crippen LogP contribution in [-0.4, -0.2) is 71.2 Å². The molecule has 0 spiro atoms. The zero-order chi connectivity index (χ0) is 32.4. The maximum atomic E-state index is 14.0. The van der Waals surface area contributed by atoms with Gasteiger partial charge in [-0.2, -0.15) is 5.10 Å². The predicted octanol–water partition coefficient (Wildman–Crippen LogP) is 7.34. The van der Waals surface area contributed by atoms with Crippen LogP contribution in [0.1, 0.15) is 54.5 Å². The second-order valence-corrected chi connectivity index (χ2v) is 13.4. The predicted molar refractivity (Wildman–Crippen MR) is 184 cm³/mol. The van der Waals surface area contributed by atoms with Gasteiger partial charge in [-0.1, -0.05) is 59.6 Å². The number of ether oxygens (including phenoxy) is 1. The minimum atomic E-state index is -0.590. The molecule has 1 saturated carbocycles. The molecule has 0 bridgehead atoms. The second kappa shape index (κ2) is 14.0. The van der Waals surface area contributed by atoms with E-state index in [4.69, 9.17) is 33.0 Å². The number of benzene rings is 3. The van der Waals surface area contributed by atoms with E-state index in [9.17, 15) is 9.59 Å². The number of halogens is 2. The van der Waals surface area contributed by atoms with Crippen LogP contribution >= 0.6 is 23.2 Å². The number of fused-ring (bicyclic) bond motifs is 1. The molecule has 3 unspecified atom stereocenters. The number of carbonyl (C=O) groups is 2. The van der Waals surface area contributed by atoms with Crippen LogP contribution in [0.25, 0.3) is 6.08 Å². The standard InChI is InChI=1S/C37H40Cl2N4O3/c1-24-7-8-25(2)33(21-24)46-26(3)37(45)42-19-17-41(18-20-42)23-34(44)43-36(28-11-15-31(39)16-12-28)32-6-4-5-29(35(32)40-43)22-27-9-13-30(38)14-10-27/h7-16,21-22,26,32,36H,4-6,17-20,23H2,1-3H3/b29-22-. The van der Waals surface area contributed by atoms with Crippen LogP contribution in [0.4, 0.5) is 0 Å². The molecule has 240 valence electrons. The Labute approximate surface area is 281 Å². The quantitative estimate of drug-likeness (QED) is 0.266. The van der Waals surface area contributed by atoms with Gasteiger partial charge in [0.05, 0.1) is 18.3 Å². The van der Waals surface area contributed by atoms with Crippen LogP contribution in [0, 0.1) is 19.8 Å². The summed E-state index contributed by atoms with van der Waals surface area (Å²) in [5, 5.41) is 8.11. The van der Waals surface area contributed by atoms with E-state index in [1.165, 1.54) is 0 Å². The van der Waals surface area contributed by atoms with Crippen LogP contribution in [0.15, 0.2) is 77.4 Å². The molecular weight excluding hydrogens is 619 g/mol. The molecule has 2 fully saturated rings. The van der Waals surface area contributed by atoms with Crippen molar-refractivity contribution in [3.63, 3.8) is 0 Å². The molecule has 1 saturated heterocycles. The van der Waals surface area contributed by atoms with E-state index in [1.807, 2.05) is 85.5 Å². The van der Waals surface area contributed by atoms with E-state index in [0.717, 1.165) is 58.6 Å². The normalized spacial score (nSPS) is 21.6. The van der Waals surface area contributed by atoms with E-state index in [1.54, 1.807) is 11.9 Å². The van der Waals surface area contributed by atoms with Gasteiger partial charge in [0.1, 0.15) is 5.75 Å². The number of aryl methyl sites for hydroxylation is 2. The minimum absolute atomic E-state index is 0.0373. The monoisotopic (exact) mass is 658 g/mol. The Morgan fingerprint density at radius 2 is 1.63 bits per heavy atom. The highest BCUT2D eigenvalue weighted by molar-refractivity contribution is 6.30. The molecule has 2 aliphatic heterocycles. The molecule has 46 heavy (non-hydrogen) atoms. The maximum Gasteiger partial charge on any atom is 0.263 e. The Morgan fingerprint density at radius 3 is 2.33 bits per heavy atom. The second-order valence-electron chi connectivity index (χ2n) is 12.6. The van der Waals surface area contributed by atoms with Crippen LogP contribution in [0.2, 0.25) is 10.0 Å². The van der Waals surface area contributed by atoms with Gasteiger partial charge < -0.3 is 9.64 Å². The summed E-state index contributed by atoms with van der Waals surface area (Å²) in [6, 6.07) is 21.4. The van der Waals surface area contributed by atoms with Crippen molar-refractivity contribution in [1.82, 2.24) is 14.8 Å². The van der Waals surface area contributed by atoms with Gasteiger partial charge in [0.15, 0.2) is 6.10 Å². The average molecular weight is 660 g/mol. The lowest BCUT2D eigenvalue weighted by Crippen LogP contribution is -2.53. The molecule has 2 heterocycles. The third-order valence-electron chi connectivity index (χ3n) is 9.22. The number of hydrogen-bond donors (Lipinski definition) is 0. The highest BCUT2D eigenvalue weighted by Crippen LogP contribution is 2.44. The molecule has 2 amide bonds. The third kappa shape index (κ3) is 7.17. The number of rotatable bonds is 7. The summed E-state index contributed by atoms with van der Waals surface area (Å²) in [5.41, 5.74) is 6.34. The Balaban J connectivity index is 1.14. The lowest BCUT2D eigenvalue weighted by atomic mass is 9.77. The molecule has 3 aromatic rings. The van der Waals surface area contributed by atoms with Crippen LogP contribution in [0.5, 0.6) is 5.75 Å². The molecule has 6 rings (SSSR count). The number of hydrogen-bond acceptors (Lipinski definition) is 5. The number of carbonyl (C=O) groups excluding carboxylic acids is 2. The van der Waals surface area contributed by atoms with Gasteiger partial charge in [-0.05, 0) is 104 Å². The van der Waals surface area contributed by atoms with Crippen LogP contribution < -0.4 is 4.74 Å². The van der Waals surface area contributed by atoms with Crippen molar-refractivity contribution in [2.75, 3.05) is 32.7 Å². The molecule has 0 N–H and O–H groups in total. The lowest BCUT2D eigenvalue weighted by molar-refractivity contribution is -0.140. The zero-order valence-corrected chi connectivity index (χ0v) is 28.1. The van der Waals surface area contributed by atoms with E-state index < -0.39 is 6.10 Å². The van der Waals surface area contributed by atoms with Crippen molar-refractivity contribution in [2.45, 2.75) is 52.2 Å². The summed E-state index contributed by atoms with van der Waals surface area (Å²) in [5.74, 6) is 0.758. The Morgan fingerprint density at radius 1 is 0.957 bits per heavy atom. The molecule has 0 radical (unpaired) electrons. The Bertz CT molecular complexity index is 1650. The van der Waals surface area contributed by atoms with Gasteiger partial charge in [0, 0.05) is 42.1 Å². The molecule has 3 aliphatic rings. The first-order valence-corrected chi connectivity index (χ1v) is 16.8. The molecule has 0 aromatic heterocycles. The van der Waals surface area contributed by atoms with E-state index in [2.05, 4.69) is 11.0 Å². The smallest absolute Gasteiger partial charge is 0.263 e. The summed E-state index contributed by atoms with van der Waals surface area (Å²) in [6.07, 6.45) is 4.48.